The van der Waals surface area contributed by atoms with Gasteiger partial charge in [0.25, 0.3) is 0 Å². The molecule has 1 saturated heterocycles. The van der Waals surface area contributed by atoms with Gasteiger partial charge in [-0.25, -0.2) is 0 Å². The minimum absolute atomic E-state index is 0.0276. The second-order valence-corrected chi connectivity index (χ2v) is 7.06. The SMILES string of the molecule is O[C@@H]1C[C@@H](c2nc(-c3cccnc3)no2)N(CC2CCCCC2)C1. The average Bonchev–Trinajstić information content (AvgIpc) is 3.23. The molecule has 24 heavy (non-hydrogen) atoms. The molecule has 0 aromatic carbocycles. The van der Waals surface area contributed by atoms with Gasteiger partial charge in [0.15, 0.2) is 0 Å². The number of rotatable bonds is 4. The summed E-state index contributed by atoms with van der Waals surface area (Å²) in [7, 11) is 0. The quantitative estimate of drug-likeness (QED) is 0.930. The number of hydrogen-bond donors (Lipinski definition) is 1. The van der Waals surface area contributed by atoms with Crippen LogP contribution in [0, 0.1) is 5.92 Å². The van der Waals surface area contributed by atoms with Crippen molar-refractivity contribution in [1.82, 2.24) is 20.0 Å². The molecule has 0 bridgehead atoms. The van der Waals surface area contributed by atoms with Crippen molar-refractivity contribution in [1.29, 1.82) is 0 Å². The Labute approximate surface area is 141 Å². The van der Waals surface area contributed by atoms with Gasteiger partial charge in [0.1, 0.15) is 0 Å². The first-order chi connectivity index (χ1) is 11.8. The van der Waals surface area contributed by atoms with Gasteiger partial charge in [-0.2, -0.15) is 4.98 Å². The highest BCUT2D eigenvalue weighted by molar-refractivity contribution is 5.51. The summed E-state index contributed by atoms with van der Waals surface area (Å²) in [5.74, 6) is 1.91. The van der Waals surface area contributed by atoms with Crippen molar-refractivity contribution in [2.24, 2.45) is 5.92 Å². The normalized spacial score (nSPS) is 26.0. The first kappa shape index (κ1) is 15.7. The molecule has 1 aliphatic carbocycles. The van der Waals surface area contributed by atoms with E-state index in [-0.39, 0.29) is 12.1 Å². The van der Waals surface area contributed by atoms with Crippen LogP contribution in [0.2, 0.25) is 0 Å². The molecule has 2 aliphatic rings. The van der Waals surface area contributed by atoms with Crippen LogP contribution >= 0.6 is 0 Å². The van der Waals surface area contributed by atoms with Crippen molar-refractivity contribution >= 4 is 0 Å². The molecule has 2 aromatic heterocycles. The Hall–Kier alpha value is -1.79. The van der Waals surface area contributed by atoms with Crippen LogP contribution in [-0.4, -0.2) is 44.3 Å². The molecule has 2 atom stereocenters. The summed E-state index contributed by atoms with van der Waals surface area (Å²) in [6.45, 7) is 1.72. The molecule has 2 fully saturated rings. The molecule has 1 aliphatic heterocycles. The molecule has 4 rings (SSSR count). The zero-order valence-corrected chi connectivity index (χ0v) is 13.8. The molecule has 1 saturated carbocycles. The summed E-state index contributed by atoms with van der Waals surface area (Å²) in [6, 6.07) is 3.81. The zero-order chi connectivity index (χ0) is 16.4. The predicted octanol–water partition coefficient (Wildman–Crippen LogP) is 2.82. The van der Waals surface area contributed by atoms with E-state index in [2.05, 4.69) is 20.0 Å². The fourth-order valence-corrected chi connectivity index (χ4v) is 4.02. The summed E-state index contributed by atoms with van der Waals surface area (Å²) >= 11 is 0. The Morgan fingerprint density at radius 3 is 2.92 bits per heavy atom. The minimum Gasteiger partial charge on any atom is -0.392 e. The second-order valence-electron chi connectivity index (χ2n) is 7.06. The third-order valence-corrected chi connectivity index (χ3v) is 5.25. The zero-order valence-electron chi connectivity index (χ0n) is 13.8. The molecule has 0 radical (unpaired) electrons. The van der Waals surface area contributed by atoms with Crippen molar-refractivity contribution in [2.75, 3.05) is 13.1 Å². The highest BCUT2D eigenvalue weighted by Crippen LogP contribution is 2.35. The van der Waals surface area contributed by atoms with E-state index in [9.17, 15) is 5.11 Å². The van der Waals surface area contributed by atoms with E-state index >= 15 is 0 Å². The lowest BCUT2D eigenvalue weighted by Crippen LogP contribution is -2.31. The van der Waals surface area contributed by atoms with Gasteiger partial charge in [0, 0.05) is 31.0 Å². The van der Waals surface area contributed by atoms with E-state index in [4.69, 9.17) is 4.52 Å². The number of pyridine rings is 1. The van der Waals surface area contributed by atoms with Crippen LogP contribution in [0.25, 0.3) is 11.4 Å². The topological polar surface area (TPSA) is 75.3 Å². The van der Waals surface area contributed by atoms with Crippen molar-refractivity contribution in [3.63, 3.8) is 0 Å². The minimum atomic E-state index is -0.313. The summed E-state index contributed by atoms with van der Waals surface area (Å²) in [5.41, 5.74) is 0.852. The fourth-order valence-electron chi connectivity index (χ4n) is 4.02. The molecule has 2 aromatic rings. The number of likely N-dealkylation sites (tertiary alicyclic amines) is 1. The Morgan fingerprint density at radius 2 is 2.12 bits per heavy atom. The summed E-state index contributed by atoms with van der Waals surface area (Å²) in [6.07, 6.45) is 10.4. The second kappa shape index (κ2) is 6.99. The largest absolute Gasteiger partial charge is 0.392 e. The standard InChI is InChI=1S/C18H24N4O2/c23-15-9-16(22(12-15)11-13-5-2-1-3-6-13)18-20-17(21-24-18)14-7-4-8-19-10-14/h4,7-8,10,13,15-16,23H,1-3,5-6,9,11-12H2/t15-,16+/m1/s1. The monoisotopic (exact) mass is 328 g/mol. The van der Waals surface area contributed by atoms with Gasteiger partial charge in [-0.05, 0) is 37.3 Å². The van der Waals surface area contributed by atoms with Crippen LogP contribution in [0.3, 0.4) is 0 Å². The Balaban J connectivity index is 1.50. The van der Waals surface area contributed by atoms with E-state index in [0.29, 0.717) is 24.7 Å². The molecule has 0 unspecified atom stereocenters. The average molecular weight is 328 g/mol. The van der Waals surface area contributed by atoms with Crippen LogP contribution in [0.1, 0.15) is 50.5 Å². The predicted molar refractivity (Wildman–Crippen MR) is 89.0 cm³/mol. The number of β-amino-alcohol motifs (C(OH)–C–C–N with tert-alkyl or cyclic N) is 1. The van der Waals surface area contributed by atoms with E-state index in [1.807, 2.05) is 12.1 Å². The highest BCUT2D eigenvalue weighted by Gasteiger charge is 2.37. The van der Waals surface area contributed by atoms with Crippen molar-refractivity contribution in [3.8, 4) is 11.4 Å². The fraction of sp³-hybridized carbons (Fsp3) is 0.611. The molecule has 128 valence electrons. The van der Waals surface area contributed by atoms with Gasteiger partial charge in [-0.15, -0.1) is 0 Å². The maximum absolute atomic E-state index is 10.1. The Bertz CT molecular complexity index is 654. The summed E-state index contributed by atoms with van der Waals surface area (Å²) < 4.78 is 5.53. The molecule has 1 N–H and O–H groups in total. The number of nitrogens with zero attached hydrogens (tertiary/aromatic N) is 4. The van der Waals surface area contributed by atoms with Gasteiger partial charge < -0.3 is 9.63 Å². The van der Waals surface area contributed by atoms with Crippen LogP contribution in [0.5, 0.6) is 0 Å². The van der Waals surface area contributed by atoms with Crippen molar-refractivity contribution in [2.45, 2.75) is 50.7 Å². The molecule has 0 spiro atoms. The van der Waals surface area contributed by atoms with Gasteiger partial charge in [0.05, 0.1) is 12.1 Å². The smallest absolute Gasteiger partial charge is 0.244 e. The maximum Gasteiger partial charge on any atom is 0.244 e. The van der Waals surface area contributed by atoms with Crippen LogP contribution in [-0.2, 0) is 0 Å². The Kier molecular flexibility index (Phi) is 4.58. The molecule has 0 amide bonds. The first-order valence-electron chi connectivity index (χ1n) is 8.95. The van der Waals surface area contributed by atoms with E-state index in [1.165, 1.54) is 32.1 Å². The lowest BCUT2D eigenvalue weighted by molar-refractivity contribution is 0.147. The lowest BCUT2D eigenvalue weighted by Gasteiger charge is -2.29. The molecule has 6 nitrogen and oxygen atoms in total. The number of hydrogen-bond acceptors (Lipinski definition) is 6. The number of aliphatic hydroxyl groups is 1. The molecule has 6 heteroatoms. The van der Waals surface area contributed by atoms with Crippen molar-refractivity contribution in [3.05, 3.63) is 30.4 Å². The summed E-state index contributed by atoms with van der Waals surface area (Å²) in [5, 5.41) is 14.2. The van der Waals surface area contributed by atoms with Crippen LogP contribution in [0.4, 0.5) is 0 Å². The molecular formula is C18H24N4O2. The molecular weight excluding hydrogens is 304 g/mol. The van der Waals surface area contributed by atoms with Gasteiger partial charge in [-0.3, -0.25) is 9.88 Å². The Morgan fingerprint density at radius 1 is 1.25 bits per heavy atom. The number of aliphatic hydroxyl groups excluding tert-OH is 1. The van der Waals surface area contributed by atoms with Gasteiger partial charge >= 0.3 is 0 Å². The maximum atomic E-state index is 10.1. The van der Waals surface area contributed by atoms with Crippen LogP contribution in [0.15, 0.2) is 29.0 Å². The van der Waals surface area contributed by atoms with E-state index in [0.717, 1.165) is 18.0 Å². The highest BCUT2D eigenvalue weighted by atomic mass is 16.5. The van der Waals surface area contributed by atoms with Gasteiger partial charge in [-0.1, -0.05) is 24.4 Å². The van der Waals surface area contributed by atoms with Crippen LogP contribution < -0.4 is 0 Å². The first-order valence-corrected chi connectivity index (χ1v) is 8.95. The summed E-state index contributed by atoms with van der Waals surface area (Å²) in [4.78, 5) is 11.0. The third kappa shape index (κ3) is 3.35. The van der Waals surface area contributed by atoms with E-state index in [1.54, 1.807) is 12.4 Å². The number of aromatic nitrogens is 3. The van der Waals surface area contributed by atoms with E-state index < -0.39 is 0 Å². The van der Waals surface area contributed by atoms with Gasteiger partial charge in [0.2, 0.25) is 11.7 Å². The lowest BCUT2D eigenvalue weighted by atomic mass is 9.89. The third-order valence-electron chi connectivity index (χ3n) is 5.25. The molecule has 3 heterocycles. The van der Waals surface area contributed by atoms with Crippen molar-refractivity contribution < 1.29 is 9.63 Å².